The van der Waals surface area contributed by atoms with Gasteiger partial charge in [0.1, 0.15) is 6.10 Å². The zero-order valence-corrected chi connectivity index (χ0v) is 16.4. The SMILES string of the molecule is C=C(C)C(=O)CC12CC3CC(C1)CC(C(=O)OC1=C(C)C(C)OC1=O)(C3)C2. The van der Waals surface area contributed by atoms with Gasteiger partial charge in [0.05, 0.1) is 5.41 Å². The van der Waals surface area contributed by atoms with E-state index in [1.165, 1.54) is 0 Å². The van der Waals surface area contributed by atoms with E-state index in [2.05, 4.69) is 6.58 Å². The van der Waals surface area contributed by atoms with Crippen LogP contribution in [-0.4, -0.2) is 23.8 Å². The van der Waals surface area contributed by atoms with Gasteiger partial charge in [-0.15, -0.1) is 0 Å². The van der Waals surface area contributed by atoms with E-state index in [0.717, 1.165) is 32.1 Å². The molecule has 3 atom stereocenters. The first-order valence-corrected chi connectivity index (χ1v) is 9.96. The Labute approximate surface area is 160 Å². The molecular weight excluding hydrogens is 344 g/mol. The van der Waals surface area contributed by atoms with Crippen molar-refractivity contribution in [3.8, 4) is 0 Å². The molecule has 0 radical (unpaired) electrons. The van der Waals surface area contributed by atoms with Gasteiger partial charge >= 0.3 is 11.9 Å². The van der Waals surface area contributed by atoms with E-state index in [4.69, 9.17) is 9.47 Å². The summed E-state index contributed by atoms with van der Waals surface area (Å²) in [6.07, 6.45) is 5.59. The molecule has 4 bridgehead atoms. The molecule has 4 saturated carbocycles. The predicted molar refractivity (Wildman–Crippen MR) is 98.3 cm³/mol. The Morgan fingerprint density at radius 1 is 1.22 bits per heavy atom. The highest BCUT2D eigenvalue weighted by Crippen LogP contribution is 2.67. The van der Waals surface area contributed by atoms with Gasteiger partial charge in [0.25, 0.3) is 0 Å². The molecule has 4 aliphatic carbocycles. The van der Waals surface area contributed by atoms with E-state index in [0.29, 0.717) is 35.8 Å². The quantitative estimate of drug-likeness (QED) is 0.541. The second-order valence-corrected chi connectivity index (χ2v) is 9.57. The molecule has 3 unspecified atom stereocenters. The number of hydrogen-bond donors (Lipinski definition) is 0. The molecule has 146 valence electrons. The van der Waals surface area contributed by atoms with Crippen LogP contribution in [0, 0.1) is 22.7 Å². The van der Waals surface area contributed by atoms with Crippen LogP contribution in [0.15, 0.2) is 23.5 Å². The van der Waals surface area contributed by atoms with Gasteiger partial charge in [-0.3, -0.25) is 9.59 Å². The maximum absolute atomic E-state index is 13.2. The Morgan fingerprint density at radius 2 is 1.85 bits per heavy atom. The second kappa shape index (κ2) is 6.05. The lowest BCUT2D eigenvalue weighted by Gasteiger charge is -2.60. The van der Waals surface area contributed by atoms with E-state index >= 15 is 0 Å². The average Bonchev–Trinajstić information content (AvgIpc) is 2.79. The van der Waals surface area contributed by atoms with Gasteiger partial charge in [-0.05, 0) is 82.1 Å². The lowest BCUT2D eigenvalue weighted by molar-refractivity contribution is -0.180. The van der Waals surface area contributed by atoms with Crippen molar-refractivity contribution in [3.05, 3.63) is 23.5 Å². The first-order chi connectivity index (χ1) is 12.6. The minimum Gasteiger partial charge on any atom is -0.452 e. The summed E-state index contributed by atoms with van der Waals surface area (Å²) < 4.78 is 10.8. The minimum absolute atomic E-state index is 0.0651. The average molecular weight is 372 g/mol. The molecule has 0 N–H and O–H groups in total. The first-order valence-electron chi connectivity index (χ1n) is 9.96. The van der Waals surface area contributed by atoms with Gasteiger partial charge in [-0.25, -0.2) is 4.79 Å². The van der Waals surface area contributed by atoms with Crippen LogP contribution in [0.25, 0.3) is 0 Å². The van der Waals surface area contributed by atoms with E-state index in [1.807, 2.05) is 0 Å². The molecule has 5 aliphatic rings. The second-order valence-electron chi connectivity index (χ2n) is 9.57. The van der Waals surface area contributed by atoms with E-state index in [1.54, 1.807) is 20.8 Å². The highest BCUT2D eigenvalue weighted by molar-refractivity contribution is 5.95. The third-order valence-corrected chi connectivity index (χ3v) is 7.26. The molecule has 0 aromatic carbocycles. The van der Waals surface area contributed by atoms with E-state index < -0.39 is 11.4 Å². The van der Waals surface area contributed by atoms with Crippen molar-refractivity contribution in [1.82, 2.24) is 0 Å². The van der Waals surface area contributed by atoms with Crippen molar-refractivity contribution in [1.29, 1.82) is 0 Å². The summed E-state index contributed by atoms with van der Waals surface area (Å²) in [5, 5.41) is 0. The normalized spacial score (nSPS) is 39.5. The fourth-order valence-corrected chi connectivity index (χ4v) is 6.36. The van der Waals surface area contributed by atoms with Crippen molar-refractivity contribution >= 4 is 17.7 Å². The monoisotopic (exact) mass is 372 g/mol. The highest BCUT2D eigenvalue weighted by Gasteiger charge is 2.61. The molecule has 0 spiro atoms. The Bertz CT molecular complexity index is 760. The lowest BCUT2D eigenvalue weighted by atomic mass is 9.43. The number of rotatable bonds is 5. The first kappa shape index (κ1) is 18.5. The molecule has 0 amide bonds. The number of hydrogen-bond acceptors (Lipinski definition) is 5. The summed E-state index contributed by atoms with van der Waals surface area (Å²) in [5.74, 6) is 0.236. The largest absolute Gasteiger partial charge is 0.452 e. The molecule has 5 nitrogen and oxygen atoms in total. The zero-order valence-electron chi connectivity index (χ0n) is 16.4. The van der Waals surface area contributed by atoms with Crippen LogP contribution >= 0.6 is 0 Å². The standard InChI is InChI=1S/C22H28O5/c1-12(2)17(23)10-21-6-15-5-16(7-21)9-22(8-15,11-21)20(25)27-18-13(3)14(4)26-19(18)24/h14-16H,1,5-11H2,2-4H3. The summed E-state index contributed by atoms with van der Waals surface area (Å²) in [5.41, 5.74) is 0.571. The van der Waals surface area contributed by atoms with Gasteiger partial charge < -0.3 is 9.47 Å². The highest BCUT2D eigenvalue weighted by atomic mass is 16.6. The number of Topliss-reactive ketones (excluding diaryl/α,β-unsaturated/α-hetero) is 1. The molecule has 0 aromatic heterocycles. The molecule has 27 heavy (non-hydrogen) atoms. The summed E-state index contributed by atoms with van der Waals surface area (Å²) in [6.45, 7) is 9.10. The van der Waals surface area contributed by atoms with Gasteiger partial charge in [0, 0.05) is 12.0 Å². The molecule has 5 rings (SSSR count). The van der Waals surface area contributed by atoms with Crippen LogP contribution in [0.4, 0.5) is 0 Å². The van der Waals surface area contributed by atoms with Gasteiger partial charge in [0.2, 0.25) is 5.76 Å². The van der Waals surface area contributed by atoms with Crippen LogP contribution in [0.3, 0.4) is 0 Å². The third kappa shape index (κ3) is 2.95. The third-order valence-electron chi connectivity index (χ3n) is 7.26. The lowest BCUT2D eigenvalue weighted by Crippen LogP contribution is -2.56. The van der Waals surface area contributed by atoms with Crippen LogP contribution in [0.1, 0.15) is 65.7 Å². The molecular formula is C22H28O5. The van der Waals surface area contributed by atoms with Crippen molar-refractivity contribution in [2.45, 2.75) is 71.8 Å². The fourth-order valence-electron chi connectivity index (χ4n) is 6.36. The van der Waals surface area contributed by atoms with Gasteiger partial charge in [0.15, 0.2) is 5.78 Å². The number of allylic oxidation sites excluding steroid dienone is 1. The van der Waals surface area contributed by atoms with Gasteiger partial charge in [-0.2, -0.15) is 0 Å². The number of ketones is 1. The van der Waals surface area contributed by atoms with Crippen LogP contribution in [0.5, 0.6) is 0 Å². The summed E-state index contributed by atoms with van der Waals surface area (Å²) in [6, 6.07) is 0. The maximum atomic E-state index is 13.2. The van der Waals surface area contributed by atoms with Gasteiger partial charge in [-0.1, -0.05) is 6.58 Å². The van der Waals surface area contributed by atoms with Crippen LogP contribution in [0.2, 0.25) is 0 Å². The number of ether oxygens (including phenoxy) is 2. The number of carbonyl (C=O) groups excluding carboxylic acids is 3. The molecule has 1 aliphatic heterocycles. The summed E-state index contributed by atoms with van der Waals surface area (Å²) in [4.78, 5) is 37.7. The molecule has 4 fully saturated rings. The van der Waals surface area contributed by atoms with E-state index in [9.17, 15) is 14.4 Å². The summed E-state index contributed by atoms with van der Waals surface area (Å²) in [7, 11) is 0. The Morgan fingerprint density at radius 3 is 2.37 bits per heavy atom. The molecule has 0 aromatic rings. The van der Waals surface area contributed by atoms with E-state index in [-0.39, 0.29) is 29.0 Å². The van der Waals surface area contributed by atoms with Crippen LogP contribution < -0.4 is 0 Å². The molecule has 5 heteroatoms. The number of esters is 2. The number of cyclic esters (lactones) is 1. The smallest absolute Gasteiger partial charge is 0.375 e. The van der Waals surface area contributed by atoms with Crippen molar-refractivity contribution in [2.75, 3.05) is 0 Å². The Balaban J connectivity index is 1.59. The predicted octanol–water partition coefficient (Wildman–Crippen LogP) is 3.87. The molecule has 0 saturated heterocycles. The minimum atomic E-state index is -0.571. The summed E-state index contributed by atoms with van der Waals surface area (Å²) >= 11 is 0. The Kier molecular flexibility index (Phi) is 4.13. The van der Waals surface area contributed by atoms with Crippen molar-refractivity contribution in [3.63, 3.8) is 0 Å². The topological polar surface area (TPSA) is 69.7 Å². The maximum Gasteiger partial charge on any atom is 0.375 e. The molecule has 1 heterocycles. The zero-order chi connectivity index (χ0) is 19.6. The van der Waals surface area contributed by atoms with Crippen molar-refractivity contribution in [2.24, 2.45) is 22.7 Å². The van der Waals surface area contributed by atoms with Crippen LogP contribution in [-0.2, 0) is 23.9 Å². The number of carbonyl (C=O) groups is 3. The van der Waals surface area contributed by atoms with Crippen molar-refractivity contribution < 1.29 is 23.9 Å². The Hall–Kier alpha value is -1.91. The fraction of sp³-hybridized carbons (Fsp3) is 0.682.